The average molecular weight is 157 g/mol. The Labute approximate surface area is 65.3 Å². The molecule has 0 aromatic heterocycles. The highest BCUT2D eigenvalue weighted by atomic mass is 35.5. The molecule has 1 aliphatic heterocycles. The lowest BCUT2D eigenvalue weighted by atomic mass is 10.3. The summed E-state index contributed by atoms with van der Waals surface area (Å²) in [5, 5.41) is 6.95. The van der Waals surface area contributed by atoms with Gasteiger partial charge < -0.3 is 18.1 Å². The van der Waals surface area contributed by atoms with Crippen LogP contribution in [0.3, 0.4) is 0 Å². The SMILES string of the molecule is N=C(N)C1=CC=CC=[N+]1.[Cl-]. The van der Waals surface area contributed by atoms with Crippen LogP contribution in [0, 0.1) is 5.41 Å². The summed E-state index contributed by atoms with van der Waals surface area (Å²) >= 11 is 0. The standard InChI is InChI=1S/C6H7N3.ClH/c7-6(8)5-3-1-2-4-9-5;/h1-4H,(H3,7,8);1H/q+1;/p-1. The highest BCUT2D eigenvalue weighted by molar-refractivity contribution is 5.96. The topological polar surface area (TPSA) is 64.0 Å². The molecule has 1 rings (SSSR count). The zero-order valence-corrected chi connectivity index (χ0v) is 5.97. The number of nitrogens with two attached hydrogens (primary N) is 1. The number of halogens is 1. The van der Waals surface area contributed by atoms with Crippen LogP contribution in [0.2, 0.25) is 0 Å². The summed E-state index contributed by atoms with van der Waals surface area (Å²) in [6, 6.07) is 0. The first kappa shape index (κ1) is 8.91. The van der Waals surface area contributed by atoms with E-state index < -0.39 is 0 Å². The van der Waals surface area contributed by atoms with Crippen molar-refractivity contribution in [3.8, 4) is 0 Å². The zero-order valence-electron chi connectivity index (χ0n) is 5.21. The minimum Gasteiger partial charge on any atom is -1.00 e. The van der Waals surface area contributed by atoms with Gasteiger partial charge >= 0.3 is 5.70 Å². The zero-order chi connectivity index (χ0) is 6.69. The summed E-state index contributed by atoms with van der Waals surface area (Å²) in [5.74, 6) is 0.00981. The third-order valence-corrected chi connectivity index (χ3v) is 0.941. The highest BCUT2D eigenvalue weighted by Gasteiger charge is 2.10. The minimum atomic E-state index is 0. The maximum absolute atomic E-state index is 6.95. The van der Waals surface area contributed by atoms with E-state index in [1.165, 1.54) is 0 Å². The lowest BCUT2D eigenvalue weighted by Crippen LogP contribution is -3.00. The van der Waals surface area contributed by atoms with Gasteiger partial charge in [0.2, 0.25) is 6.21 Å². The molecule has 0 atom stereocenters. The number of nitrogens with one attached hydrogen (secondary N) is 1. The van der Waals surface area contributed by atoms with E-state index in [1.54, 1.807) is 24.4 Å². The Hall–Kier alpha value is -1.09. The van der Waals surface area contributed by atoms with Crippen LogP contribution in [0.4, 0.5) is 0 Å². The second kappa shape index (κ2) is 3.85. The quantitative estimate of drug-likeness (QED) is 0.305. The molecule has 0 aromatic carbocycles. The molecule has 0 aliphatic carbocycles. The van der Waals surface area contributed by atoms with E-state index in [-0.39, 0.29) is 18.2 Å². The van der Waals surface area contributed by atoms with E-state index in [9.17, 15) is 0 Å². The summed E-state index contributed by atoms with van der Waals surface area (Å²) in [5.41, 5.74) is 5.66. The van der Waals surface area contributed by atoms with Crippen LogP contribution in [0.1, 0.15) is 0 Å². The van der Waals surface area contributed by atoms with Gasteiger partial charge in [-0.05, 0) is 6.08 Å². The molecule has 0 bridgehead atoms. The molecule has 1 heterocycles. The van der Waals surface area contributed by atoms with Crippen molar-refractivity contribution in [2.75, 3.05) is 0 Å². The number of nitrogens with zero attached hydrogens (tertiary/aromatic N) is 1. The average Bonchev–Trinajstić information content (AvgIpc) is 1.90. The lowest BCUT2D eigenvalue weighted by molar-refractivity contribution is -0.00000222. The van der Waals surface area contributed by atoms with Crippen LogP contribution in [0.15, 0.2) is 23.9 Å². The van der Waals surface area contributed by atoms with Crippen molar-refractivity contribution in [3.63, 3.8) is 0 Å². The van der Waals surface area contributed by atoms with Crippen LogP contribution in [0.5, 0.6) is 0 Å². The molecule has 1 aliphatic rings. The number of hydrogen-bond acceptors (Lipinski definition) is 2. The molecule has 0 fully saturated rings. The summed E-state index contributed by atoms with van der Waals surface area (Å²) in [6.07, 6.45) is 6.88. The fourth-order valence-corrected chi connectivity index (χ4v) is 0.522. The number of rotatable bonds is 1. The molecule has 0 unspecified atom stereocenters. The van der Waals surface area contributed by atoms with Gasteiger partial charge in [0.25, 0.3) is 0 Å². The second-order valence-electron chi connectivity index (χ2n) is 1.63. The third kappa shape index (κ3) is 2.03. The molecular weight excluding hydrogens is 150 g/mol. The van der Waals surface area contributed by atoms with Gasteiger partial charge in [-0.25, -0.2) is 0 Å². The first-order valence-electron chi connectivity index (χ1n) is 2.56. The van der Waals surface area contributed by atoms with Crippen molar-refractivity contribution in [2.24, 2.45) is 5.73 Å². The predicted octanol–water partition coefficient (Wildman–Crippen LogP) is -3.21. The third-order valence-electron chi connectivity index (χ3n) is 0.941. The molecule has 10 heavy (non-hydrogen) atoms. The van der Waals surface area contributed by atoms with E-state index in [1.807, 2.05) is 0 Å². The van der Waals surface area contributed by atoms with Crippen molar-refractivity contribution >= 4 is 12.1 Å². The van der Waals surface area contributed by atoms with E-state index in [2.05, 4.69) is 4.99 Å². The Morgan fingerprint density at radius 3 is 2.50 bits per heavy atom. The van der Waals surface area contributed by atoms with Crippen molar-refractivity contribution in [2.45, 2.75) is 0 Å². The van der Waals surface area contributed by atoms with Gasteiger partial charge in [-0.15, -0.1) is 0 Å². The maximum atomic E-state index is 6.95. The highest BCUT2D eigenvalue weighted by Crippen LogP contribution is 1.90. The van der Waals surface area contributed by atoms with Crippen LogP contribution in [-0.4, -0.2) is 12.1 Å². The van der Waals surface area contributed by atoms with Crippen molar-refractivity contribution in [3.05, 3.63) is 23.9 Å². The molecule has 0 aromatic rings. The first-order chi connectivity index (χ1) is 4.30. The molecule has 3 N–H and O–H groups in total. The predicted molar refractivity (Wildman–Crippen MR) is 37.3 cm³/mol. The Morgan fingerprint density at radius 2 is 2.20 bits per heavy atom. The monoisotopic (exact) mass is 156 g/mol. The maximum Gasteiger partial charge on any atom is 0.318 e. The van der Waals surface area contributed by atoms with Gasteiger partial charge in [0, 0.05) is 12.2 Å². The molecule has 1 radical (unpaired) electrons. The van der Waals surface area contributed by atoms with Crippen LogP contribution in [0.25, 0.3) is 0 Å². The minimum absolute atomic E-state index is 0. The molecule has 0 saturated heterocycles. The Balaban J connectivity index is 0.000000810. The van der Waals surface area contributed by atoms with Crippen LogP contribution >= 0.6 is 0 Å². The molecule has 4 heteroatoms. The largest absolute Gasteiger partial charge is 1.00 e. The van der Waals surface area contributed by atoms with E-state index >= 15 is 0 Å². The molecule has 53 valence electrons. The summed E-state index contributed by atoms with van der Waals surface area (Å²) in [7, 11) is 0. The molecule has 0 saturated carbocycles. The number of amidine groups is 1. The Kier molecular flexibility index (Phi) is 3.43. The lowest BCUT2D eigenvalue weighted by Gasteiger charge is -1.84. The Morgan fingerprint density at radius 1 is 1.50 bits per heavy atom. The molecule has 0 spiro atoms. The van der Waals surface area contributed by atoms with Crippen molar-refractivity contribution in [1.29, 1.82) is 5.41 Å². The molecule has 3 nitrogen and oxygen atoms in total. The van der Waals surface area contributed by atoms with Crippen molar-refractivity contribution < 1.29 is 12.4 Å². The number of allylic oxidation sites excluding steroid dienone is 3. The number of hydrogen-bond donors (Lipinski definition) is 2. The van der Waals surface area contributed by atoms with E-state index in [0.29, 0.717) is 5.70 Å². The van der Waals surface area contributed by atoms with Gasteiger partial charge in [0.1, 0.15) is 0 Å². The van der Waals surface area contributed by atoms with Crippen LogP contribution in [-0.2, 0) is 0 Å². The molecule has 0 amide bonds. The van der Waals surface area contributed by atoms with Gasteiger partial charge in [0.05, 0.1) is 4.99 Å². The fourth-order valence-electron chi connectivity index (χ4n) is 0.522. The summed E-state index contributed by atoms with van der Waals surface area (Å²) in [6.45, 7) is 0. The number of aliphatic imine (C=N–C) groups is 1. The fraction of sp³-hybridized carbons (Fsp3) is 0. The van der Waals surface area contributed by atoms with Gasteiger partial charge in [-0.3, -0.25) is 5.41 Å². The smallest absolute Gasteiger partial charge is 0.318 e. The van der Waals surface area contributed by atoms with Crippen LogP contribution < -0.4 is 23.1 Å². The van der Waals surface area contributed by atoms with E-state index in [4.69, 9.17) is 11.1 Å². The molecular formula is C6H7ClN3. The van der Waals surface area contributed by atoms with Gasteiger partial charge in [0.15, 0.2) is 5.84 Å². The second-order valence-corrected chi connectivity index (χ2v) is 1.63. The van der Waals surface area contributed by atoms with Gasteiger partial charge in [-0.2, -0.15) is 0 Å². The normalized spacial score (nSPS) is 13.8. The van der Waals surface area contributed by atoms with E-state index in [0.717, 1.165) is 0 Å². The Bertz CT molecular complexity index is 215. The summed E-state index contributed by atoms with van der Waals surface area (Å²) < 4.78 is 0. The summed E-state index contributed by atoms with van der Waals surface area (Å²) in [4.78, 5) is 3.83. The van der Waals surface area contributed by atoms with Gasteiger partial charge in [-0.1, -0.05) is 0 Å². The first-order valence-corrected chi connectivity index (χ1v) is 2.56. The van der Waals surface area contributed by atoms with Crippen molar-refractivity contribution in [1.82, 2.24) is 4.99 Å².